The molecule has 1 amide bonds. The van der Waals surface area contributed by atoms with Crippen LogP contribution in [0.2, 0.25) is 0 Å². The molecule has 0 unspecified atom stereocenters. The van der Waals surface area contributed by atoms with Crippen molar-refractivity contribution in [3.63, 3.8) is 0 Å². The van der Waals surface area contributed by atoms with Gasteiger partial charge in [-0.1, -0.05) is 41.6 Å². The Hall–Kier alpha value is -3.98. The summed E-state index contributed by atoms with van der Waals surface area (Å²) in [6.07, 6.45) is 4.80. The van der Waals surface area contributed by atoms with E-state index in [0.29, 0.717) is 16.5 Å². The number of thioether (sulfide) groups is 1. The highest BCUT2D eigenvalue weighted by Gasteiger charge is 2.17. The molecule has 0 spiro atoms. The Morgan fingerprint density at radius 1 is 1.09 bits per heavy atom. The number of phenols is 1. The van der Waals surface area contributed by atoms with Crippen molar-refractivity contribution in [2.45, 2.75) is 12.1 Å². The first kappa shape index (κ1) is 21.3. The maximum absolute atomic E-state index is 12.3. The average molecular weight is 445 g/mol. The number of para-hydroxylation sites is 1. The smallest absolute Gasteiger partial charge is 0.250 e. The number of aromatic hydroxyl groups is 1. The molecule has 0 aliphatic rings. The van der Waals surface area contributed by atoms with E-state index in [2.05, 4.69) is 25.7 Å². The Labute approximate surface area is 189 Å². The number of carbonyl (C=O) groups excluding carboxylic acids is 1. The minimum atomic E-state index is -0.300. The molecule has 4 rings (SSSR count). The molecule has 8 nitrogen and oxygen atoms in total. The molecule has 2 heterocycles. The topological polar surface area (TPSA) is 105 Å². The van der Waals surface area contributed by atoms with Gasteiger partial charge in [0.05, 0.1) is 12.0 Å². The lowest BCUT2D eigenvalue weighted by Gasteiger charge is -2.10. The molecule has 2 N–H and O–H groups in total. The highest BCUT2D eigenvalue weighted by Crippen LogP contribution is 2.27. The van der Waals surface area contributed by atoms with Crippen LogP contribution in [0.4, 0.5) is 0 Å². The van der Waals surface area contributed by atoms with E-state index in [1.807, 2.05) is 47.9 Å². The minimum absolute atomic E-state index is 0.0923. The highest BCUT2D eigenvalue weighted by atomic mass is 32.2. The summed E-state index contributed by atoms with van der Waals surface area (Å²) in [4.78, 5) is 16.3. The van der Waals surface area contributed by atoms with Crippen molar-refractivity contribution in [1.82, 2.24) is 25.2 Å². The summed E-state index contributed by atoms with van der Waals surface area (Å²) in [5.41, 5.74) is 5.89. The predicted molar refractivity (Wildman–Crippen MR) is 124 cm³/mol. The number of hydrogen-bond donors (Lipinski definition) is 2. The molecule has 0 atom stereocenters. The van der Waals surface area contributed by atoms with Crippen LogP contribution in [0.3, 0.4) is 0 Å². The van der Waals surface area contributed by atoms with Crippen LogP contribution in [0, 0.1) is 6.92 Å². The lowest BCUT2D eigenvalue weighted by molar-refractivity contribution is -0.118. The van der Waals surface area contributed by atoms with E-state index in [9.17, 15) is 9.90 Å². The number of aryl methyl sites for hydroxylation is 1. The number of rotatable bonds is 7. The van der Waals surface area contributed by atoms with Gasteiger partial charge < -0.3 is 5.11 Å². The first-order valence-electron chi connectivity index (χ1n) is 9.77. The molecule has 4 aromatic rings. The molecule has 2 aromatic heterocycles. The molecule has 0 fully saturated rings. The second-order valence-corrected chi connectivity index (χ2v) is 7.80. The van der Waals surface area contributed by atoms with E-state index < -0.39 is 0 Å². The first-order valence-corrected chi connectivity index (χ1v) is 10.8. The Balaban J connectivity index is 1.51. The van der Waals surface area contributed by atoms with Crippen LogP contribution in [0.5, 0.6) is 5.75 Å². The molecule has 0 saturated heterocycles. The molecule has 0 bridgehead atoms. The second-order valence-electron chi connectivity index (χ2n) is 6.85. The standard InChI is InChI=1S/C23H20N6O2S/c1-16-6-8-19(9-7-16)29-22(17-10-12-24-13-11-17)27-28-23(29)32-15-21(31)26-25-14-18-4-2-3-5-20(18)30/h2-14,30H,15H2,1H3,(H,26,31)/b25-14+. The van der Waals surface area contributed by atoms with Gasteiger partial charge in [-0.15, -0.1) is 10.2 Å². The molecule has 160 valence electrons. The zero-order valence-corrected chi connectivity index (χ0v) is 18.0. The molecular formula is C23H20N6O2S. The molecule has 32 heavy (non-hydrogen) atoms. The van der Waals surface area contributed by atoms with E-state index in [0.717, 1.165) is 16.8 Å². The van der Waals surface area contributed by atoms with Crippen LogP contribution < -0.4 is 5.43 Å². The van der Waals surface area contributed by atoms with Gasteiger partial charge in [0.1, 0.15) is 5.75 Å². The fourth-order valence-electron chi connectivity index (χ4n) is 2.91. The van der Waals surface area contributed by atoms with Gasteiger partial charge in [-0.05, 0) is 43.3 Å². The van der Waals surface area contributed by atoms with Crippen molar-refractivity contribution < 1.29 is 9.90 Å². The molecule has 0 aliphatic carbocycles. The molecule has 0 saturated carbocycles. The van der Waals surface area contributed by atoms with Gasteiger partial charge in [-0.2, -0.15) is 5.10 Å². The fourth-order valence-corrected chi connectivity index (χ4v) is 3.66. The third-order valence-electron chi connectivity index (χ3n) is 4.53. The molecule has 2 aromatic carbocycles. The molecule has 0 aliphatic heterocycles. The average Bonchev–Trinajstić information content (AvgIpc) is 3.24. The predicted octanol–water partition coefficient (Wildman–Crippen LogP) is 3.59. The molecule has 0 radical (unpaired) electrons. The number of hydrazone groups is 1. The van der Waals surface area contributed by atoms with E-state index in [-0.39, 0.29) is 17.4 Å². The van der Waals surface area contributed by atoms with Crippen molar-refractivity contribution >= 4 is 23.9 Å². The number of phenolic OH excluding ortho intramolecular Hbond substituents is 1. The van der Waals surface area contributed by atoms with Gasteiger partial charge in [-0.25, -0.2) is 5.43 Å². The number of carbonyl (C=O) groups is 1. The normalized spacial score (nSPS) is 11.0. The number of benzene rings is 2. The summed E-state index contributed by atoms with van der Waals surface area (Å²) >= 11 is 1.26. The quantitative estimate of drug-likeness (QED) is 0.256. The van der Waals surface area contributed by atoms with Crippen LogP contribution in [0.1, 0.15) is 11.1 Å². The van der Waals surface area contributed by atoms with Crippen LogP contribution in [-0.4, -0.2) is 42.7 Å². The van der Waals surface area contributed by atoms with E-state index in [1.165, 1.54) is 18.0 Å². The zero-order valence-electron chi connectivity index (χ0n) is 17.2. The SMILES string of the molecule is Cc1ccc(-n2c(SCC(=O)N/N=C/c3ccccc3O)nnc2-c2ccncc2)cc1. The van der Waals surface area contributed by atoms with Crippen molar-refractivity contribution in [1.29, 1.82) is 0 Å². The number of amides is 1. The summed E-state index contributed by atoms with van der Waals surface area (Å²) in [7, 11) is 0. The number of hydrogen-bond acceptors (Lipinski definition) is 7. The monoisotopic (exact) mass is 444 g/mol. The Kier molecular flexibility index (Phi) is 6.57. The minimum Gasteiger partial charge on any atom is -0.507 e. The van der Waals surface area contributed by atoms with Crippen molar-refractivity contribution in [2.24, 2.45) is 5.10 Å². The third kappa shape index (κ3) is 5.01. The molecular weight excluding hydrogens is 424 g/mol. The lowest BCUT2D eigenvalue weighted by atomic mass is 10.2. The van der Waals surface area contributed by atoms with Crippen molar-refractivity contribution in [3.05, 3.63) is 84.2 Å². The van der Waals surface area contributed by atoms with Crippen LogP contribution in [0.15, 0.2) is 83.3 Å². The van der Waals surface area contributed by atoms with E-state index in [4.69, 9.17) is 0 Å². The third-order valence-corrected chi connectivity index (χ3v) is 5.45. The molecule has 9 heteroatoms. The Bertz CT molecular complexity index is 1240. The van der Waals surface area contributed by atoms with Gasteiger partial charge in [0, 0.05) is 29.2 Å². The lowest BCUT2D eigenvalue weighted by Crippen LogP contribution is -2.20. The summed E-state index contributed by atoms with van der Waals surface area (Å²) in [6.45, 7) is 2.02. The summed E-state index contributed by atoms with van der Waals surface area (Å²) < 4.78 is 1.91. The van der Waals surface area contributed by atoms with E-state index >= 15 is 0 Å². The summed E-state index contributed by atoms with van der Waals surface area (Å²) in [5.74, 6) is 0.551. The number of nitrogens with zero attached hydrogens (tertiary/aromatic N) is 5. The van der Waals surface area contributed by atoms with E-state index in [1.54, 1.807) is 36.7 Å². The highest BCUT2D eigenvalue weighted by molar-refractivity contribution is 7.99. The fraction of sp³-hybridized carbons (Fsp3) is 0.0870. The van der Waals surface area contributed by atoms with Gasteiger partial charge in [0.2, 0.25) is 0 Å². The largest absolute Gasteiger partial charge is 0.507 e. The van der Waals surface area contributed by atoms with Crippen LogP contribution in [0.25, 0.3) is 17.1 Å². The van der Waals surface area contributed by atoms with Crippen LogP contribution in [-0.2, 0) is 4.79 Å². The number of pyridine rings is 1. The Morgan fingerprint density at radius 3 is 2.59 bits per heavy atom. The van der Waals surface area contributed by atoms with Crippen molar-refractivity contribution in [3.8, 4) is 22.8 Å². The van der Waals surface area contributed by atoms with Gasteiger partial charge in [0.15, 0.2) is 11.0 Å². The zero-order chi connectivity index (χ0) is 22.3. The second kappa shape index (κ2) is 9.88. The van der Waals surface area contributed by atoms with Gasteiger partial charge in [-0.3, -0.25) is 14.3 Å². The number of aromatic nitrogens is 4. The van der Waals surface area contributed by atoms with Gasteiger partial charge in [0.25, 0.3) is 5.91 Å². The summed E-state index contributed by atoms with van der Waals surface area (Å²) in [6, 6.07) is 18.5. The first-order chi connectivity index (χ1) is 15.6. The summed E-state index contributed by atoms with van der Waals surface area (Å²) in [5, 5.41) is 22.9. The maximum atomic E-state index is 12.3. The number of nitrogens with one attached hydrogen (secondary N) is 1. The maximum Gasteiger partial charge on any atom is 0.250 e. The van der Waals surface area contributed by atoms with Gasteiger partial charge >= 0.3 is 0 Å². The van der Waals surface area contributed by atoms with Crippen LogP contribution >= 0.6 is 11.8 Å². The van der Waals surface area contributed by atoms with Crippen molar-refractivity contribution in [2.75, 3.05) is 5.75 Å². The Morgan fingerprint density at radius 2 is 1.84 bits per heavy atom.